The van der Waals surface area contributed by atoms with Gasteiger partial charge in [0.1, 0.15) is 17.3 Å². The first kappa shape index (κ1) is 26.6. The average Bonchev–Trinajstić information content (AvgIpc) is 3.53. The predicted octanol–water partition coefficient (Wildman–Crippen LogP) is 6.38. The maximum absolute atomic E-state index is 14.0. The van der Waals surface area contributed by atoms with Gasteiger partial charge in [0.05, 0.1) is 18.2 Å². The van der Waals surface area contributed by atoms with Crippen molar-refractivity contribution in [2.24, 2.45) is 0 Å². The highest BCUT2D eigenvalue weighted by atomic mass is 32.2. The largest absolute Gasteiger partial charge is 0.507 e. The van der Waals surface area contributed by atoms with Crippen molar-refractivity contribution in [1.29, 1.82) is 0 Å². The fourth-order valence-electron chi connectivity index (χ4n) is 4.18. The van der Waals surface area contributed by atoms with Gasteiger partial charge < -0.3 is 9.84 Å². The lowest BCUT2D eigenvalue weighted by Gasteiger charge is -2.22. The Balaban J connectivity index is 1.49. The van der Waals surface area contributed by atoms with E-state index in [0.717, 1.165) is 17.8 Å². The van der Waals surface area contributed by atoms with Crippen molar-refractivity contribution in [1.82, 2.24) is 10.2 Å². The number of carbonyl (C=O) groups is 2. The summed E-state index contributed by atoms with van der Waals surface area (Å²) in [6.07, 6.45) is 0.858. The van der Waals surface area contributed by atoms with E-state index in [4.69, 9.17) is 4.74 Å². The molecule has 1 saturated heterocycles. The molecule has 7 nitrogen and oxygen atoms in total. The molecule has 1 atom stereocenters. The van der Waals surface area contributed by atoms with Crippen LogP contribution in [0, 0.1) is 5.82 Å². The first-order chi connectivity index (χ1) is 19.0. The maximum Gasteiger partial charge on any atom is 0.301 e. The smallest absolute Gasteiger partial charge is 0.301 e. The molecule has 3 aromatic carbocycles. The highest BCUT2D eigenvalue weighted by Crippen LogP contribution is 2.44. The normalized spacial score (nSPS) is 16.6. The number of anilines is 1. The number of aliphatic hydroxyl groups is 1. The number of Topliss-reactive ketones (excluding diaryl/α,β-unsaturated/α-hetero) is 1. The maximum atomic E-state index is 14.0. The van der Waals surface area contributed by atoms with E-state index >= 15 is 0 Å². The average molecular weight is 562 g/mol. The van der Waals surface area contributed by atoms with Crippen LogP contribution in [0.1, 0.15) is 36.1 Å². The van der Waals surface area contributed by atoms with Gasteiger partial charge >= 0.3 is 5.91 Å². The number of carbonyl (C=O) groups excluding carboxylic acids is 2. The molecule has 39 heavy (non-hydrogen) atoms. The van der Waals surface area contributed by atoms with Crippen molar-refractivity contribution < 1.29 is 23.8 Å². The summed E-state index contributed by atoms with van der Waals surface area (Å²) < 4.78 is 20.2. The lowest BCUT2D eigenvalue weighted by Crippen LogP contribution is -2.29. The van der Waals surface area contributed by atoms with Gasteiger partial charge in [-0.2, -0.15) is 0 Å². The summed E-state index contributed by atoms with van der Waals surface area (Å²) in [5.41, 5.74) is 1.51. The Morgan fingerprint density at radius 2 is 1.74 bits per heavy atom. The number of benzene rings is 3. The zero-order chi connectivity index (χ0) is 27.4. The number of amides is 1. The predicted molar refractivity (Wildman–Crippen MR) is 149 cm³/mol. The summed E-state index contributed by atoms with van der Waals surface area (Å²) in [5, 5.41) is 19.8. The number of halogens is 1. The van der Waals surface area contributed by atoms with Crippen LogP contribution in [0.15, 0.2) is 88.8 Å². The van der Waals surface area contributed by atoms with Crippen molar-refractivity contribution in [3.63, 3.8) is 0 Å². The van der Waals surface area contributed by atoms with Gasteiger partial charge in [-0.3, -0.25) is 14.5 Å². The Morgan fingerprint density at radius 1 is 1.03 bits per heavy atom. The fraction of sp³-hybridized carbons (Fsp3) is 0.172. The van der Waals surface area contributed by atoms with Gasteiger partial charge in [0.25, 0.3) is 5.78 Å². The molecular formula is C29H24FN3O4S2. The molecule has 0 aliphatic carbocycles. The highest BCUT2D eigenvalue weighted by Gasteiger charge is 2.48. The molecule has 0 spiro atoms. The van der Waals surface area contributed by atoms with Gasteiger partial charge in [-0.1, -0.05) is 78.6 Å². The van der Waals surface area contributed by atoms with Gasteiger partial charge in [0, 0.05) is 11.3 Å². The number of rotatable bonds is 9. The molecule has 4 aromatic rings. The second-order valence-corrected chi connectivity index (χ2v) is 10.9. The van der Waals surface area contributed by atoms with E-state index in [0.29, 0.717) is 39.1 Å². The minimum atomic E-state index is -0.903. The molecule has 0 radical (unpaired) electrons. The van der Waals surface area contributed by atoms with E-state index in [1.54, 1.807) is 66.7 Å². The van der Waals surface area contributed by atoms with Crippen LogP contribution in [0.25, 0.3) is 5.76 Å². The molecule has 1 aromatic heterocycles. The summed E-state index contributed by atoms with van der Waals surface area (Å²) in [4.78, 5) is 27.9. The summed E-state index contributed by atoms with van der Waals surface area (Å²) >= 11 is 2.41. The van der Waals surface area contributed by atoms with Crippen LogP contribution in [0.2, 0.25) is 0 Å². The van der Waals surface area contributed by atoms with Crippen molar-refractivity contribution >= 4 is 45.7 Å². The number of aromatic nitrogens is 2. The topological polar surface area (TPSA) is 92.6 Å². The van der Waals surface area contributed by atoms with E-state index in [1.807, 2.05) is 13.0 Å². The van der Waals surface area contributed by atoms with Gasteiger partial charge in [-0.25, -0.2) is 4.39 Å². The van der Waals surface area contributed by atoms with E-state index in [-0.39, 0.29) is 22.3 Å². The minimum Gasteiger partial charge on any atom is -0.507 e. The Kier molecular flexibility index (Phi) is 8.04. The van der Waals surface area contributed by atoms with Crippen LogP contribution < -0.4 is 9.64 Å². The molecule has 198 valence electrons. The number of hydrogen-bond donors (Lipinski definition) is 1. The summed E-state index contributed by atoms with van der Waals surface area (Å²) in [5.74, 6) is -1.25. The molecule has 1 aliphatic heterocycles. The summed E-state index contributed by atoms with van der Waals surface area (Å²) in [7, 11) is 0. The van der Waals surface area contributed by atoms with Gasteiger partial charge in [-0.05, 0) is 47.9 Å². The third-order valence-electron chi connectivity index (χ3n) is 6.07. The third-order valence-corrected chi connectivity index (χ3v) is 8.18. The third kappa shape index (κ3) is 5.57. The Bertz CT molecular complexity index is 1520. The van der Waals surface area contributed by atoms with E-state index in [9.17, 15) is 19.1 Å². The van der Waals surface area contributed by atoms with Gasteiger partial charge in [0.2, 0.25) is 5.13 Å². The zero-order valence-corrected chi connectivity index (χ0v) is 22.5. The molecule has 1 unspecified atom stereocenters. The molecule has 0 saturated carbocycles. The van der Waals surface area contributed by atoms with Crippen LogP contribution in [-0.4, -0.2) is 33.6 Å². The first-order valence-corrected chi connectivity index (χ1v) is 14.1. The Hall–Kier alpha value is -4.02. The molecule has 1 fully saturated rings. The van der Waals surface area contributed by atoms with E-state index in [1.165, 1.54) is 22.7 Å². The van der Waals surface area contributed by atoms with Crippen LogP contribution in [0.3, 0.4) is 0 Å². The molecule has 1 amide bonds. The van der Waals surface area contributed by atoms with Crippen LogP contribution in [0.4, 0.5) is 9.52 Å². The number of hydrogen-bond acceptors (Lipinski definition) is 8. The standard InChI is InChI=1S/C29H24FN3O4S2/c1-2-16-37-21-14-12-19(13-15-21)25(34)23-24(18-8-4-3-5-9-18)33(27(36)26(23)35)28-31-32-29(39-28)38-17-20-10-6-7-11-22(20)30/h3-15,24,34H,2,16-17H2,1H3/b25-23-. The molecule has 1 aliphatic rings. The SMILES string of the molecule is CCCOc1ccc(/C(O)=C2/C(=O)C(=O)N(c3nnc(SCc4ccccc4F)s3)C2c2ccccc2)cc1. The Labute approximate surface area is 233 Å². The summed E-state index contributed by atoms with van der Waals surface area (Å²) in [6, 6.07) is 21.3. The quantitative estimate of drug-likeness (QED) is 0.0833. The highest BCUT2D eigenvalue weighted by molar-refractivity contribution is 8.00. The molecule has 2 heterocycles. The number of thioether (sulfide) groups is 1. The van der Waals surface area contributed by atoms with Gasteiger partial charge in [0.15, 0.2) is 4.34 Å². The lowest BCUT2D eigenvalue weighted by atomic mass is 9.95. The molecule has 5 rings (SSSR count). The Morgan fingerprint density at radius 3 is 2.46 bits per heavy atom. The van der Waals surface area contributed by atoms with Crippen molar-refractivity contribution in [3.05, 3.63) is 107 Å². The minimum absolute atomic E-state index is 0.0378. The van der Waals surface area contributed by atoms with Crippen molar-refractivity contribution in [2.45, 2.75) is 29.5 Å². The monoisotopic (exact) mass is 561 g/mol. The second-order valence-electron chi connectivity index (χ2n) is 8.68. The lowest BCUT2D eigenvalue weighted by molar-refractivity contribution is -0.132. The second kappa shape index (κ2) is 11.8. The molecule has 1 N–H and O–H groups in total. The number of ether oxygens (including phenoxy) is 1. The first-order valence-electron chi connectivity index (χ1n) is 12.3. The summed E-state index contributed by atoms with van der Waals surface area (Å²) in [6.45, 7) is 2.57. The van der Waals surface area contributed by atoms with E-state index in [2.05, 4.69) is 10.2 Å². The van der Waals surface area contributed by atoms with Crippen LogP contribution >= 0.6 is 23.1 Å². The zero-order valence-electron chi connectivity index (χ0n) is 20.9. The molecule has 10 heteroatoms. The molecular weight excluding hydrogens is 537 g/mol. The number of aliphatic hydroxyl groups excluding tert-OH is 1. The van der Waals surface area contributed by atoms with Gasteiger partial charge in [-0.15, -0.1) is 10.2 Å². The van der Waals surface area contributed by atoms with Crippen molar-refractivity contribution in [2.75, 3.05) is 11.5 Å². The van der Waals surface area contributed by atoms with Crippen molar-refractivity contribution in [3.8, 4) is 5.75 Å². The van der Waals surface area contributed by atoms with E-state index < -0.39 is 17.7 Å². The molecule has 0 bridgehead atoms. The fourth-order valence-corrected chi connectivity index (χ4v) is 6.03. The van der Waals surface area contributed by atoms with Crippen LogP contribution in [-0.2, 0) is 15.3 Å². The van der Waals surface area contributed by atoms with Crippen LogP contribution in [0.5, 0.6) is 5.75 Å². The number of ketones is 1. The number of nitrogens with zero attached hydrogens (tertiary/aromatic N) is 3.